The van der Waals surface area contributed by atoms with Crippen LogP contribution in [0.25, 0.3) is 0 Å². The molecule has 0 spiro atoms. The van der Waals surface area contributed by atoms with Gasteiger partial charge in [0.05, 0.1) is 6.61 Å². The molecule has 0 amide bonds. The minimum Gasteiger partial charge on any atom is -0.463 e. The summed E-state index contributed by atoms with van der Waals surface area (Å²) in [4.78, 5) is 21.9. The van der Waals surface area contributed by atoms with E-state index in [1.807, 2.05) is 0 Å². The Morgan fingerprint density at radius 3 is 2.53 bits per heavy atom. The maximum absolute atomic E-state index is 11.0. The van der Waals surface area contributed by atoms with Crippen molar-refractivity contribution in [1.29, 1.82) is 0 Å². The van der Waals surface area contributed by atoms with E-state index in [2.05, 4.69) is 6.58 Å². The summed E-state index contributed by atoms with van der Waals surface area (Å²) >= 11 is 0. The van der Waals surface area contributed by atoms with E-state index >= 15 is 0 Å². The maximum Gasteiger partial charge on any atom is 0.330 e. The van der Waals surface area contributed by atoms with Gasteiger partial charge in [0, 0.05) is 13.0 Å². The van der Waals surface area contributed by atoms with E-state index in [-0.39, 0.29) is 11.9 Å². The number of allylic oxidation sites excluding steroid dienone is 1. The highest BCUT2D eigenvalue weighted by Crippen LogP contribution is 2.19. The van der Waals surface area contributed by atoms with Crippen LogP contribution < -0.4 is 0 Å². The van der Waals surface area contributed by atoms with Crippen molar-refractivity contribution in [3.05, 3.63) is 24.8 Å². The maximum atomic E-state index is 11.0. The molecule has 0 heterocycles. The van der Waals surface area contributed by atoms with Gasteiger partial charge >= 0.3 is 11.9 Å². The summed E-state index contributed by atoms with van der Waals surface area (Å²) in [5.41, 5.74) is -0.690. The minimum atomic E-state index is -0.690. The lowest BCUT2D eigenvalue weighted by atomic mass is 10.00. The van der Waals surface area contributed by atoms with Gasteiger partial charge in [-0.1, -0.05) is 12.7 Å². The van der Waals surface area contributed by atoms with E-state index in [1.165, 1.54) is 13.0 Å². The Morgan fingerprint density at radius 2 is 2.06 bits per heavy atom. The second kappa shape index (κ2) is 7.65. The van der Waals surface area contributed by atoms with E-state index in [0.717, 1.165) is 0 Å². The van der Waals surface area contributed by atoms with Crippen molar-refractivity contribution < 1.29 is 19.1 Å². The third-order valence-electron chi connectivity index (χ3n) is 2.16. The Labute approximate surface area is 102 Å². The number of esters is 2. The highest BCUT2D eigenvalue weighted by atomic mass is 16.6. The largest absolute Gasteiger partial charge is 0.463 e. The molecule has 0 aliphatic rings. The van der Waals surface area contributed by atoms with Gasteiger partial charge < -0.3 is 9.47 Å². The summed E-state index contributed by atoms with van der Waals surface area (Å²) in [5.74, 6) is -0.706. The van der Waals surface area contributed by atoms with E-state index < -0.39 is 5.60 Å². The van der Waals surface area contributed by atoms with Crippen molar-refractivity contribution in [1.82, 2.24) is 0 Å². The second-order valence-electron chi connectivity index (χ2n) is 3.80. The summed E-state index contributed by atoms with van der Waals surface area (Å²) < 4.78 is 9.87. The third-order valence-corrected chi connectivity index (χ3v) is 2.16. The van der Waals surface area contributed by atoms with E-state index in [0.29, 0.717) is 19.4 Å². The number of carbonyl (C=O) groups excluding carboxylic acids is 2. The first-order valence-corrected chi connectivity index (χ1v) is 5.60. The average molecular weight is 240 g/mol. The number of ether oxygens (including phenoxy) is 2. The van der Waals surface area contributed by atoms with Crippen molar-refractivity contribution in [3.8, 4) is 0 Å². The number of hydrogen-bond acceptors (Lipinski definition) is 4. The van der Waals surface area contributed by atoms with Gasteiger partial charge in [0.2, 0.25) is 0 Å². The minimum absolute atomic E-state index is 0.346. The summed E-state index contributed by atoms with van der Waals surface area (Å²) in [5, 5.41) is 0. The quantitative estimate of drug-likeness (QED) is 0.389. The standard InChI is InChI=1S/C13H20O4/c1-5-13(4,17-11(3)14)10-8-7-9-12(15)16-6-2/h5,7,9H,1,6,8,10H2,2-4H3/b9-7+/t13-/m1/s1. The van der Waals surface area contributed by atoms with Gasteiger partial charge in [-0.3, -0.25) is 4.79 Å². The zero-order valence-electron chi connectivity index (χ0n) is 10.7. The second-order valence-corrected chi connectivity index (χ2v) is 3.80. The van der Waals surface area contributed by atoms with Crippen LogP contribution in [0, 0.1) is 0 Å². The molecule has 0 aromatic rings. The Hall–Kier alpha value is -1.58. The topological polar surface area (TPSA) is 52.6 Å². The third kappa shape index (κ3) is 7.33. The first-order valence-electron chi connectivity index (χ1n) is 5.60. The van der Waals surface area contributed by atoms with Crippen LogP contribution in [-0.2, 0) is 19.1 Å². The molecular weight excluding hydrogens is 220 g/mol. The highest BCUT2D eigenvalue weighted by molar-refractivity contribution is 5.81. The van der Waals surface area contributed by atoms with Gasteiger partial charge in [-0.2, -0.15) is 0 Å². The Bertz CT molecular complexity index is 307. The fourth-order valence-electron chi connectivity index (χ4n) is 1.26. The molecule has 0 aromatic carbocycles. The fourth-order valence-corrected chi connectivity index (χ4v) is 1.26. The zero-order valence-corrected chi connectivity index (χ0v) is 10.7. The molecule has 4 heteroatoms. The van der Waals surface area contributed by atoms with Crippen LogP contribution in [0.5, 0.6) is 0 Å². The van der Waals surface area contributed by atoms with Crippen molar-refractivity contribution in [2.75, 3.05) is 6.61 Å². The first kappa shape index (κ1) is 15.4. The van der Waals surface area contributed by atoms with Crippen LogP contribution in [0.2, 0.25) is 0 Å². The van der Waals surface area contributed by atoms with Crippen LogP contribution in [0.3, 0.4) is 0 Å². The predicted molar refractivity (Wildman–Crippen MR) is 65.4 cm³/mol. The van der Waals surface area contributed by atoms with Gasteiger partial charge in [-0.25, -0.2) is 4.79 Å². The molecule has 0 aromatic heterocycles. The molecule has 0 radical (unpaired) electrons. The molecule has 0 aliphatic heterocycles. The normalized spacial score (nSPS) is 14.1. The van der Waals surface area contributed by atoms with Crippen molar-refractivity contribution in [2.45, 2.75) is 39.2 Å². The number of carbonyl (C=O) groups is 2. The zero-order chi connectivity index (χ0) is 13.3. The summed E-state index contributed by atoms with van der Waals surface area (Å²) in [7, 11) is 0. The lowest BCUT2D eigenvalue weighted by Crippen LogP contribution is -2.27. The van der Waals surface area contributed by atoms with Crippen molar-refractivity contribution in [2.24, 2.45) is 0 Å². The highest BCUT2D eigenvalue weighted by Gasteiger charge is 2.22. The molecule has 0 fully saturated rings. The number of rotatable bonds is 7. The van der Waals surface area contributed by atoms with Crippen molar-refractivity contribution in [3.63, 3.8) is 0 Å². The fraction of sp³-hybridized carbons (Fsp3) is 0.538. The molecule has 0 N–H and O–H groups in total. The van der Waals surface area contributed by atoms with Gasteiger partial charge in [-0.15, -0.1) is 0 Å². The molecule has 0 unspecified atom stereocenters. The lowest BCUT2D eigenvalue weighted by Gasteiger charge is -2.24. The predicted octanol–water partition coefficient (Wildman–Crippen LogP) is 2.39. The van der Waals surface area contributed by atoms with Crippen LogP contribution in [0.1, 0.15) is 33.6 Å². The molecule has 0 rings (SSSR count). The van der Waals surface area contributed by atoms with E-state index in [1.54, 1.807) is 26.0 Å². The molecule has 0 bridgehead atoms. The molecule has 96 valence electrons. The molecule has 0 saturated carbocycles. The van der Waals surface area contributed by atoms with E-state index in [4.69, 9.17) is 9.47 Å². The molecule has 4 nitrogen and oxygen atoms in total. The molecular formula is C13H20O4. The molecule has 0 aliphatic carbocycles. The Kier molecular flexibility index (Phi) is 6.94. The number of hydrogen-bond donors (Lipinski definition) is 0. The van der Waals surface area contributed by atoms with Gasteiger partial charge in [0.15, 0.2) is 0 Å². The van der Waals surface area contributed by atoms with E-state index in [9.17, 15) is 9.59 Å². The van der Waals surface area contributed by atoms with Gasteiger partial charge in [-0.05, 0) is 32.8 Å². The SMILES string of the molecule is C=C[C@](C)(CC/C=C/C(=O)OCC)OC(C)=O. The Balaban J connectivity index is 4.11. The lowest BCUT2D eigenvalue weighted by molar-refractivity contribution is -0.151. The van der Waals surface area contributed by atoms with Gasteiger partial charge in [0.25, 0.3) is 0 Å². The van der Waals surface area contributed by atoms with Crippen LogP contribution in [0.15, 0.2) is 24.8 Å². The molecule has 0 saturated heterocycles. The summed E-state index contributed by atoms with van der Waals surface area (Å²) in [6, 6.07) is 0. The summed E-state index contributed by atoms with van der Waals surface area (Å²) in [6.07, 6.45) is 5.84. The molecule has 17 heavy (non-hydrogen) atoms. The molecule has 1 atom stereocenters. The van der Waals surface area contributed by atoms with Gasteiger partial charge in [0.1, 0.15) is 5.60 Å². The van der Waals surface area contributed by atoms with Crippen LogP contribution in [-0.4, -0.2) is 24.1 Å². The Morgan fingerprint density at radius 1 is 1.41 bits per heavy atom. The summed E-state index contributed by atoms with van der Waals surface area (Å²) in [6.45, 7) is 8.88. The van der Waals surface area contributed by atoms with Crippen LogP contribution in [0.4, 0.5) is 0 Å². The van der Waals surface area contributed by atoms with Crippen LogP contribution >= 0.6 is 0 Å². The van der Waals surface area contributed by atoms with Crippen molar-refractivity contribution >= 4 is 11.9 Å². The monoisotopic (exact) mass is 240 g/mol. The first-order chi connectivity index (χ1) is 7.93. The smallest absolute Gasteiger partial charge is 0.330 e. The average Bonchev–Trinajstić information content (AvgIpc) is 2.24.